The third-order valence-corrected chi connectivity index (χ3v) is 8.15. The minimum absolute atomic E-state index is 0.0773. The van der Waals surface area contributed by atoms with Crippen molar-refractivity contribution in [2.75, 3.05) is 26.4 Å². The van der Waals surface area contributed by atoms with Gasteiger partial charge in [-0.05, 0) is 76.3 Å². The Morgan fingerprint density at radius 2 is 1.31 bits per heavy atom. The molecule has 4 saturated heterocycles. The number of nitro groups is 1. The van der Waals surface area contributed by atoms with Gasteiger partial charge < -0.3 is 9.84 Å². The summed E-state index contributed by atoms with van der Waals surface area (Å²) in [5.74, 6) is 0.687. The third-order valence-electron chi connectivity index (χ3n) is 8.15. The average Bonchev–Trinajstić information content (AvgIpc) is 3.23. The maximum Gasteiger partial charge on any atom is 0.269 e. The summed E-state index contributed by atoms with van der Waals surface area (Å²) in [6, 6.07) is 8.34. The summed E-state index contributed by atoms with van der Waals surface area (Å²) in [5.41, 5.74) is 0.0773. The number of ether oxygens (including phenoxy) is 1. The molecule has 4 unspecified atom stereocenters. The number of fused-ring (bicyclic) bond motifs is 4. The van der Waals surface area contributed by atoms with E-state index in [1.54, 1.807) is 12.1 Å². The first-order valence-electron chi connectivity index (χ1n) is 13.2. The second kappa shape index (κ2) is 12.4. The fourth-order valence-corrected chi connectivity index (χ4v) is 6.62. The van der Waals surface area contributed by atoms with E-state index in [9.17, 15) is 24.0 Å². The number of rotatable bonds is 9. The van der Waals surface area contributed by atoms with Crippen LogP contribution < -0.4 is 4.74 Å². The predicted molar refractivity (Wildman–Crippen MR) is 130 cm³/mol. The zero-order chi connectivity index (χ0) is 24.8. The van der Waals surface area contributed by atoms with Crippen molar-refractivity contribution in [3.05, 3.63) is 34.4 Å². The minimum atomic E-state index is -0.409. The summed E-state index contributed by atoms with van der Waals surface area (Å²) in [7, 11) is 0. The number of non-ortho nitro benzene ring substituents is 1. The fourth-order valence-electron chi connectivity index (χ4n) is 6.62. The molecule has 0 spiro atoms. The van der Waals surface area contributed by atoms with Gasteiger partial charge in [0, 0.05) is 49.4 Å². The highest BCUT2D eigenvalue weighted by Gasteiger charge is 2.41. The molecule has 4 bridgehead atoms. The lowest BCUT2D eigenvalue weighted by atomic mass is 9.99. The Kier molecular flexibility index (Phi) is 9.30. The summed E-state index contributed by atoms with van der Waals surface area (Å²) in [6.07, 6.45) is 9.78. The number of benzene rings is 1. The van der Waals surface area contributed by atoms with E-state index in [1.807, 2.05) is 0 Å². The zero-order valence-corrected chi connectivity index (χ0v) is 20.4. The van der Waals surface area contributed by atoms with E-state index in [0.29, 0.717) is 42.8 Å². The van der Waals surface area contributed by atoms with E-state index in [-0.39, 0.29) is 31.2 Å². The summed E-state index contributed by atoms with van der Waals surface area (Å²) < 4.78 is 30.4. The molecule has 4 aliphatic heterocycles. The largest absolute Gasteiger partial charge is 0.490 e. The van der Waals surface area contributed by atoms with Gasteiger partial charge in [0.1, 0.15) is 11.9 Å². The molecule has 4 atom stereocenters. The highest BCUT2D eigenvalue weighted by Crippen LogP contribution is 2.38. The van der Waals surface area contributed by atoms with Crippen molar-refractivity contribution in [3.8, 4) is 5.75 Å². The normalized spacial score (nSPS) is 32.2. The smallest absolute Gasteiger partial charge is 0.269 e. The van der Waals surface area contributed by atoms with Crippen molar-refractivity contribution in [2.24, 2.45) is 0 Å². The zero-order valence-electron chi connectivity index (χ0n) is 20.4. The molecule has 0 amide bonds. The van der Waals surface area contributed by atoms with E-state index in [4.69, 9.17) is 4.74 Å². The van der Waals surface area contributed by atoms with Crippen molar-refractivity contribution < 1.29 is 23.5 Å². The van der Waals surface area contributed by atoms with E-state index in [1.165, 1.54) is 25.0 Å². The molecule has 0 saturated carbocycles. The number of piperidine rings is 2. The highest BCUT2D eigenvalue weighted by molar-refractivity contribution is 5.36. The van der Waals surface area contributed by atoms with Gasteiger partial charge in [-0.1, -0.05) is 0 Å². The van der Waals surface area contributed by atoms with Crippen LogP contribution in [0.25, 0.3) is 0 Å². The molecule has 1 aromatic rings. The standard InChI is InChI=1S/C16H21FN2O3.C10H18FNO/c17-8-1-9-18-13-2-3-14(18)11-16(10-13)22-15-6-4-12(5-7-15)19(20)21;11-4-1-5-12-8-2-3-9(12)7-10(13)6-8/h4-7,13-14,16H,1-3,8-11H2;8-10,13H,1-7H2. The molecular weight excluding hydrogens is 456 g/mol. The molecular formula is C26H39F2N3O4. The number of hydrogen-bond acceptors (Lipinski definition) is 6. The molecule has 196 valence electrons. The van der Waals surface area contributed by atoms with Crippen LogP contribution in [0.5, 0.6) is 5.75 Å². The van der Waals surface area contributed by atoms with Gasteiger partial charge in [0.15, 0.2) is 0 Å². The fraction of sp³-hybridized carbons (Fsp3) is 0.769. The topological polar surface area (TPSA) is 79.1 Å². The maximum atomic E-state index is 12.4. The highest BCUT2D eigenvalue weighted by atomic mass is 19.1. The van der Waals surface area contributed by atoms with E-state index >= 15 is 0 Å². The molecule has 0 aliphatic carbocycles. The number of halogens is 2. The molecule has 0 radical (unpaired) electrons. The van der Waals surface area contributed by atoms with Crippen molar-refractivity contribution >= 4 is 5.69 Å². The number of nitro benzene ring substituents is 1. The summed E-state index contributed by atoms with van der Waals surface area (Å²) >= 11 is 0. The molecule has 0 aromatic heterocycles. The molecule has 35 heavy (non-hydrogen) atoms. The van der Waals surface area contributed by atoms with Crippen LogP contribution in [0.2, 0.25) is 0 Å². The molecule has 1 N–H and O–H groups in total. The second-order valence-electron chi connectivity index (χ2n) is 10.4. The lowest BCUT2D eigenvalue weighted by Gasteiger charge is -2.38. The summed E-state index contributed by atoms with van der Waals surface area (Å²) in [6.45, 7) is 1.27. The van der Waals surface area contributed by atoms with E-state index < -0.39 is 4.92 Å². The first-order valence-corrected chi connectivity index (χ1v) is 13.2. The lowest BCUT2D eigenvalue weighted by Crippen LogP contribution is -2.46. The SMILES string of the molecule is O=[N+]([O-])c1ccc(OC2CC3CCC(C2)N3CCCF)cc1.OC1CC2CCC(C1)N2CCCF. The van der Waals surface area contributed by atoms with Gasteiger partial charge in [-0.2, -0.15) is 0 Å². The quantitative estimate of drug-likeness (QED) is 0.397. The van der Waals surface area contributed by atoms with Crippen LogP contribution in [0.1, 0.15) is 64.2 Å². The number of nitrogens with zero attached hydrogens (tertiary/aromatic N) is 3. The van der Waals surface area contributed by atoms with Gasteiger partial charge in [0.2, 0.25) is 0 Å². The maximum absolute atomic E-state index is 12.4. The van der Waals surface area contributed by atoms with Gasteiger partial charge in [-0.25, -0.2) is 0 Å². The Balaban J connectivity index is 0.000000189. The molecule has 4 fully saturated rings. The van der Waals surface area contributed by atoms with E-state index in [2.05, 4.69) is 9.80 Å². The van der Waals surface area contributed by atoms with Crippen molar-refractivity contribution in [1.82, 2.24) is 9.80 Å². The Hall–Kier alpha value is -1.84. The first-order chi connectivity index (χ1) is 17.0. The van der Waals surface area contributed by atoms with E-state index in [0.717, 1.165) is 51.6 Å². The van der Waals surface area contributed by atoms with Gasteiger partial charge in [0.05, 0.1) is 24.4 Å². The molecule has 4 aliphatic rings. The monoisotopic (exact) mass is 495 g/mol. The summed E-state index contributed by atoms with van der Waals surface area (Å²) in [5, 5.41) is 20.2. The predicted octanol–water partition coefficient (Wildman–Crippen LogP) is 4.66. The second-order valence-corrected chi connectivity index (χ2v) is 10.4. The van der Waals surface area contributed by atoms with Crippen LogP contribution in [0.15, 0.2) is 24.3 Å². The minimum Gasteiger partial charge on any atom is -0.490 e. The van der Waals surface area contributed by atoms with Crippen LogP contribution in [0, 0.1) is 10.1 Å². The molecule has 9 heteroatoms. The molecule has 5 rings (SSSR count). The number of alkyl halides is 2. The van der Waals surface area contributed by atoms with Gasteiger partial charge in [0.25, 0.3) is 5.69 Å². The summed E-state index contributed by atoms with van der Waals surface area (Å²) in [4.78, 5) is 15.1. The number of hydrogen-bond donors (Lipinski definition) is 1. The van der Waals surface area contributed by atoms with Crippen LogP contribution >= 0.6 is 0 Å². The Bertz CT molecular complexity index is 786. The van der Waals surface area contributed by atoms with Crippen molar-refractivity contribution in [2.45, 2.75) is 101 Å². The molecule has 1 aromatic carbocycles. The van der Waals surface area contributed by atoms with Gasteiger partial charge in [-0.15, -0.1) is 0 Å². The van der Waals surface area contributed by atoms with Gasteiger partial charge in [-0.3, -0.25) is 28.7 Å². The third kappa shape index (κ3) is 6.68. The van der Waals surface area contributed by atoms with Crippen molar-refractivity contribution in [3.63, 3.8) is 0 Å². The van der Waals surface area contributed by atoms with Crippen molar-refractivity contribution in [1.29, 1.82) is 0 Å². The van der Waals surface area contributed by atoms with Crippen LogP contribution in [0.4, 0.5) is 14.5 Å². The number of aliphatic hydroxyl groups is 1. The average molecular weight is 496 g/mol. The first kappa shape index (κ1) is 26.2. The van der Waals surface area contributed by atoms with Crippen LogP contribution in [-0.4, -0.2) is 82.6 Å². The Morgan fingerprint density at radius 3 is 1.74 bits per heavy atom. The van der Waals surface area contributed by atoms with Gasteiger partial charge >= 0.3 is 0 Å². The van der Waals surface area contributed by atoms with Crippen LogP contribution in [0.3, 0.4) is 0 Å². The molecule has 7 nitrogen and oxygen atoms in total. The lowest BCUT2D eigenvalue weighted by molar-refractivity contribution is -0.384. The number of aliphatic hydroxyl groups excluding tert-OH is 1. The Labute approximate surface area is 206 Å². The molecule has 4 heterocycles. The Morgan fingerprint density at radius 1 is 0.857 bits per heavy atom. The van der Waals surface area contributed by atoms with Crippen LogP contribution in [-0.2, 0) is 0 Å².